The molecule has 1 saturated heterocycles. The Kier molecular flexibility index (Phi) is 3.62. The number of nitrogens with one attached hydrogen (secondary N) is 2. The maximum atomic E-state index is 12.4. The number of carbonyl (C=O) groups is 1. The van der Waals surface area contributed by atoms with Crippen LogP contribution in [0.1, 0.15) is 5.56 Å². The average molecular weight is 287 g/mol. The number of urea groups is 1. The first-order valence-corrected chi connectivity index (χ1v) is 6.91. The zero-order chi connectivity index (χ0) is 14.8. The summed E-state index contributed by atoms with van der Waals surface area (Å²) in [7, 11) is 0. The number of rotatable bonds is 1. The molecule has 3 rings (SSSR count). The summed E-state index contributed by atoms with van der Waals surface area (Å²) in [6.07, 6.45) is 1.54. The van der Waals surface area contributed by atoms with Crippen LogP contribution in [0, 0.1) is 6.92 Å². The fourth-order valence-corrected chi connectivity index (χ4v) is 2.39. The third-order valence-corrected chi connectivity index (χ3v) is 3.58. The first kappa shape index (κ1) is 13.6. The number of aromatic nitrogens is 1. The highest BCUT2D eigenvalue weighted by atomic mass is 16.5. The van der Waals surface area contributed by atoms with Crippen LogP contribution in [0.15, 0.2) is 29.2 Å². The van der Waals surface area contributed by atoms with E-state index >= 15 is 0 Å². The molecule has 1 fully saturated rings. The number of nitrogens with zero attached hydrogens (tertiary/aromatic N) is 1. The van der Waals surface area contributed by atoms with Gasteiger partial charge in [0.25, 0.3) is 0 Å². The molecule has 110 valence electrons. The molecule has 1 aliphatic rings. The van der Waals surface area contributed by atoms with Crippen LogP contribution < -0.4 is 10.7 Å². The first-order chi connectivity index (χ1) is 10.1. The minimum Gasteiger partial charge on any atom is -0.378 e. The van der Waals surface area contributed by atoms with Crippen LogP contribution >= 0.6 is 0 Å². The highest BCUT2D eigenvalue weighted by Crippen LogP contribution is 2.13. The summed E-state index contributed by atoms with van der Waals surface area (Å²) in [5.74, 6) is 0. The second-order valence-corrected chi connectivity index (χ2v) is 5.11. The number of aryl methyl sites for hydroxylation is 1. The van der Waals surface area contributed by atoms with E-state index in [1.807, 2.05) is 25.1 Å². The zero-order valence-corrected chi connectivity index (χ0v) is 11.8. The summed E-state index contributed by atoms with van der Waals surface area (Å²) >= 11 is 0. The summed E-state index contributed by atoms with van der Waals surface area (Å²) in [5, 5.41) is 3.26. The Morgan fingerprint density at radius 3 is 2.86 bits per heavy atom. The van der Waals surface area contributed by atoms with Gasteiger partial charge in [0.1, 0.15) is 5.69 Å². The van der Waals surface area contributed by atoms with Gasteiger partial charge in [0, 0.05) is 30.2 Å². The van der Waals surface area contributed by atoms with Crippen molar-refractivity contribution >= 4 is 22.6 Å². The highest BCUT2D eigenvalue weighted by Gasteiger charge is 2.18. The first-order valence-electron chi connectivity index (χ1n) is 6.91. The van der Waals surface area contributed by atoms with Gasteiger partial charge in [-0.05, 0) is 19.1 Å². The molecule has 6 nitrogen and oxygen atoms in total. The Hall–Kier alpha value is -2.34. The van der Waals surface area contributed by atoms with Gasteiger partial charge in [0.15, 0.2) is 0 Å². The Morgan fingerprint density at radius 1 is 1.33 bits per heavy atom. The molecule has 1 aromatic carbocycles. The van der Waals surface area contributed by atoms with E-state index in [1.165, 1.54) is 0 Å². The lowest BCUT2D eigenvalue weighted by atomic mass is 10.1. The van der Waals surface area contributed by atoms with Gasteiger partial charge in [0.05, 0.1) is 13.2 Å². The van der Waals surface area contributed by atoms with E-state index in [0.29, 0.717) is 31.7 Å². The maximum absolute atomic E-state index is 12.4. The Labute approximate surface area is 121 Å². The lowest BCUT2D eigenvalue weighted by Gasteiger charge is -2.26. The number of carbonyl (C=O) groups excluding carboxylic acids is 1. The topological polar surface area (TPSA) is 74.4 Å². The predicted molar refractivity (Wildman–Crippen MR) is 80.7 cm³/mol. The van der Waals surface area contributed by atoms with Crippen LogP contribution in [0.3, 0.4) is 0 Å². The van der Waals surface area contributed by atoms with Crippen molar-refractivity contribution in [2.75, 3.05) is 31.6 Å². The Balaban J connectivity index is 1.88. The maximum Gasteiger partial charge on any atom is 0.322 e. The zero-order valence-electron chi connectivity index (χ0n) is 11.8. The van der Waals surface area contributed by atoms with Gasteiger partial charge < -0.3 is 19.9 Å². The lowest BCUT2D eigenvalue weighted by molar-refractivity contribution is 0.0564. The lowest BCUT2D eigenvalue weighted by Crippen LogP contribution is -2.43. The number of anilines is 1. The fourth-order valence-electron chi connectivity index (χ4n) is 2.39. The molecule has 0 unspecified atom stereocenters. The van der Waals surface area contributed by atoms with Gasteiger partial charge in [-0.1, -0.05) is 11.6 Å². The predicted octanol–water partition coefficient (Wildman–Crippen LogP) is 1.70. The van der Waals surface area contributed by atoms with E-state index in [1.54, 1.807) is 11.1 Å². The van der Waals surface area contributed by atoms with Gasteiger partial charge in [-0.3, -0.25) is 4.79 Å². The van der Waals surface area contributed by atoms with E-state index in [0.717, 1.165) is 11.1 Å². The van der Waals surface area contributed by atoms with E-state index in [9.17, 15) is 9.59 Å². The SMILES string of the molecule is Cc1ccc2[nH]cc(NC(=O)N3CCOCC3)c(=O)c2c1. The molecule has 6 heteroatoms. The molecule has 0 bridgehead atoms. The molecule has 0 aliphatic carbocycles. The average Bonchev–Trinajstić information content (AvgIpc) is 2.51. The van der Waals surface area contributed by atoms with Gasteiger partial charge in [-0.15, -0.1) is 0 Å². The normalized spacial score (nSPS) is 15.2. The molecule has 0 saturated carbocycles. The van der Waals surface area contributed by atoms with Crippen molar-refractivity contribution in [1.82, 2.24) is 9.88 Å². The molecular weight excluding hydrogens is 270 g/mol. The third-order valence-electron chi connectivity index (χ3n) is 3.58. The minimum atomic E-state index is -0.268. The highest BCUT2D eigenvalue weighted by molar-refractivity contribution is 5.92. The van der Waals surface area contributed by atoms with Crippen LogP contribution in [0.2, 0.25) is 0 Å². The van der Waals surface area contributed by atoms with Crippen LogP contribution in [-0.2, 0) is 4.74 Å². The van der Waals surface area contributed by atoms with Crippen molar-refractivity contribution < 1.29 is 9.53 Å². The number of aromatic amines is 1. The second kappa shape index (κ2) is 5.57. The van der Waals surface area contributed by atoms with E-state index in [4.69, 9.17) is 4.74 Å². The van der Waals surface area contributed by atoms with Crippen LogP contribution in [-0.4, -0.2) is 42.2 Å². The molecule has 2 heterocycles. The van der Waals surface area contributed by atoms with E-state index in [2.05, 4.69) is 10.3 Å². The fraction of sp³-hybridized carbons (Fsp3) is 0.333. The quantitative estimate of drug-likeness (QED) is 0.838. The van der Waals surface area contributed by atoms with Crippen molar-refractivity contribution in [3.63, 3.8) is 0 Å². The molecule has 21 heavy (non-hydrogen) atoms. The number of hydrogen-bond acceptors (Lipinski definition) is 3. The van der Waals surface area contributed by atoms with Crippen molar-refractivity contribution in [2.45, 2.75) is 6.92 Å². The Morgan fingerprint density at radius 2 is 2.10 bits per heavy atom. The third kappa shape index (κ3) is 2.75. The number of fused-ring (bicyclic) bond motifs is 1. The summed E-state index contributed by atoms with van der Waals surface area (Å²) < 4.78 is 5.21. The van der Waals surface area contributed by atoms with Crippen LogP contribution in [0.25, 0.3) is 10.9 Å². The number of amides is 2. The van der Waals surface area contributed by atoms with Gasteiger partial charge in [0.2, 0.25) is 5.43 Å². The largest absolute Gasteiger partial charge is 0.378 e. The van der Waals surface area contributed by atoms with E-state index in [-0.39, 0.29) is 17.1 Å². The molecule has 2 amide bonds. The number of hydrogen-bond donors (Lipinski definition) is 2. The number of pyridine rings is 1. The summed E-state index contributed by atoms with van der Waals surface area (Å²) in [6.45, 7) is 4.06. The monoisotopic (exact) mass is 287 g/mol. The summed E-state index contributed by atoms with van der Waals surface area (Å²) in [5.41, 5.74) is 1.86. The molecule has 2 aromatic rings. The molecule has 0 radical (unpaired) electrons. The molecule has 1 aromatic heterocycles. The van der Waals surface area contributed by atoms with Crippen molar-refractivity contribution in [3.8, 4) is 0 Å². The van der Waals surface area contributed by atoms with Gasteiger partial charge in [-0.2, -0.15) is 0 Å². The summed E-state index contributed by atoms with van der Waals surface area (Å²) in [4.78, 5) is 29.2. The minimum absolute atomic E-state index is 0.172. The number of benzene rings is 1. The number of H-pyrrole nitrogens is 1. The summed E-state index contributed by atoms with van der Waals surface area (Å²) in [6, 6.07) is 5.35. The molecule has 0 atom stereocenters. The molecule has 1 aliphatic heterocycles. The number of morpholine rings is 1. The smallest absolute Gasteiger partial charge is 0.322 e. The van der Waals surface area contributed by atoms with E-state index < -0.39 is 0 Å². The van der Waals surface area contributed by atoms with Crippen molar-refractivity contribution in [2.24, 2.45) is 0 Å². The van der Waals surface area contributed by atoms with Crippen LogP contribution in [0.4, 0.5) is 10.5 Å². The number of ether oxygens (including phenoxy) is 1. The molecule has 0 spiro atoms. The standard InChI is InChI=1S/C15H17N3O3/c1-10-2-3-12-11(8-10)14(19)13(9-16-12)17-15(20)18-4-6-21-7-5-18/h2-3,8-9H,4-7H2,1H3,(H,16,19)(H,17,20). The van der Waals surface area contributed by atoms with Crippen LogP contribution in [0.5, 0.6) is 0 Å². The van der Waals surface area contributed by atoms with Crippen molar-refractivity contribution in [3.05, 3.63) is 40.2 Å². The molecular formula is C15H17N3O3. The van der Waals surface area contributed by atoms with Gasteiger partial charge >= 0.3 is 6.03 Å². The van der Waals surface area contributed by atoms with Crippen molar-refractivity contribution in [1.29, 1.82) is 0 Å². The second-order valence-electron chi connectivity index (χ2n) is 5.11. The molecule has 2 N–H and O–H groups in total. The van der Waals surface area contributed by atoms with Gasteiger partial charge in [-0.25, -0.2) is 4.79 Å². The Bertz CT molecular complexity index is 733.